The van der Waals surface area contributed by atoms with Crippen LogP contribution >= 0.6 is 0 Å². The maximum Gasteiger partial charge on any atom is 0.306 e. The van der Waals surface area contributed by atoms with E-state index in [1.165, 1.54) is 0 Å². The largest absolute Gasteiger partial charge is 0.463 e. The summed E-state index contributed by atoms with van der Waals surface area (Å²) in [6.07, 6.45) is 3.16. The van der Waals surface area contributed by atoms with Crippen molar-refractivity contribution in [1.82, 2.24) is 0 Å². The van der Waals surface area contributed by atoms with E-state index in [0.717, 1.165) is 25.9 Å². The predicted octanol–water partition coefficient (Wildman–Crippen LogP) is 2.53. The molecular weight excluding hydrogens is 180 g/mol. The van der Waals surface area contributed by atoms with Crippen LogP contribution in [-0.2, 0) is 14.3 Å². The fraction of sp³-hybridized carbons (Fsp3) is 0.909. The molecule has 0 heterocycles. The summed E-state index contributed by atoms with van der Waals surface area (Å²) in [5.41, 5.74) is 0. The third-order valence-corrected chi connectivity index (χ3v) is 1.80. The second-order valence-corrected chi connectivity index (χ2v) is 3.45. The van der Waals surface area contributed by atoms with Gasteiger partial charge in [-0.1, -0.05) is 13.8 Å². The molecule has 0 N–H and O–H groups in total. The zero-order chi connectivity index (χ0) is 10.8. The summed E-state index contributed by atoms with van der Waals surface area (Å²) >= 11 is 0. The van der Waals surface area contributed by atoms with Crippen LogP contribution in [0.5, 0.6) is 0 Å². The van der Waals surface area contributed by atoms with Crippen LogP contribution in [0.25, 0.3) is 0 Å². The fourth-order valence-electron chi connectivity index (χ4n) is 1.04. The highest BCUT2D eigenvalue weighted by Gasteiger charge is 2.07. The van der Waals surface area contributed by atoms with Crippen molar-refractivity contribution in [2.75, 3.05) is 13.2 Å². The van der Waals surface area contributed by atoms with Gasteiger partial charge in [0, 0.05) is 19.4 Å². The third kappa shape index (κ3) is 8.05. The molecule has 0 saturated heterocycles. The van der Waals surface area contributed by atoms with Crippen molar-refractivity contribution < 1.29 is 14.3 Å². The lowest BCUT2D eigenvalue weighted by atomic mass is 10.3. The number of ether oxygens (including phenoxy) is 2. The standard InChI is InChI=1S/C11H22O3/c1-4-6-11(12)14-10(3)7-9-13-8-5-2/h10H,4-9H2,1-3H3/t10-/m0/s1. The first-order valence-corrected chi connectivity index (χ1v) is 5.47. The van der Waals surface area contributed by atoms with Crippen LogP contribution in [0.2, 0.25) is 0 Å². The second kappa shape index (κ2) is 9.00. The fourth-order valence-corrected chi connectivity index (χ4v) is 1.04. The van der Waals surface area contributed by atoms with Crippen molar-refractivity contribution in [3.05, 3.63) is 0 Å². The molecule has 1 atom stereocenters. The van der Waals surface area contributed by atoms with Crippen molar-refractivity contribution in [2.45, 2.75) is 52.6 Å². The lowest BCUT2D eigenvalue weighted by molar-refractivity contribution is -0.149. The molecule has 0 aliphatic rings. The Morgan fingerprint density at radius 1 is 1.21 bits per heavy atom. The van der Waals surface area contributed by atoms with E-state index in [2.05, 4.69) is 6.92 Å². The van der Waals surface area contributed by atoms with Gasteiger partial charge in [0.15, 0.2) is 0 Å². The first-order valence-electron chi connectivity index (χ1n) is 5.47. The van der Waals surface area contributed by atoms with Gasteiger partial charge in [0.25, 0.3) is 0 Å². The van der Waals surface area contributed by atoms with Gasteiger partial charge in [0.1, 0.15) is 6.10 Å². The molecule has 14 heavy (non-hydrogen) atoms. The van der Waals surface area contributed by atoms with E-state index < -0.39 is 0 Å². The molecule has 0 saturated carbocycles. The van der Waals surface area contributed by atoms with Crippen molar-refractivity contribution >= 4 is 5.97 Å². The highest BCUT2D eigenvalue weighted by atomic mass is 16.5. The van der Waals surface area contributed by atoms with Crippen LogP contribution in [-0.4, -0.2) is 25.3 Å². The Morgan fingerprint density at radius 3 is 2.50 bits per heavy atom. The summed E-state index contributed by atoms with van der Waals surface area (Å²) in [5.74, 6) is -0.101. The Balaban J connectivity index is 3.35. The van der Waals surface area contributed by atoms with Gasteiger partial charge in [-0.15, -0.1) is 0 Å². The van der Waals surface area contributed by atoms with Gasteiger partial charge >= 0.3 is 5.97 Å². The monoisotopic (exact) mass is 202 g/mol. The minimum Gasteiger partial charge on any atom is -0.463 e. The molecule has 0 unspecified atom stereocenters. The Kier molecular flexibility index (Phi) is 8.64. The summed E-state index contributed by atoms with van der Waals surface area (Å²) < 4.78 is 10.5. The molecular formula is C11H22O3. The van der Waals surface area contributed by atoms with E-state index >= 15 is 0 Å². The van der Waals surface area contributed by atoms with Crippen LogP contribution in [0.4, 0.5) is 0 Å². The normalized spacial score (nSPS) is 12.5. The van der Waals surface area contributed by atoms with E-state index in [-0.39, 0.29) is 12.1 Å². The topological polar surface area (TPSA) is 35.5 Å². The quantitative estimate of drug-likeness (QED) is 0.448. The molecule has 0 spiro atoms. The van der Waals surface area contributed by atoms with Crippen molar-refractivity contribution in [3.8, 4) is 0 Å². The van der Waals surface area contributed by atoms with Crippen LogP contribution in [0.1, 0.15) is 46.5 Å². The zero-order valence-electron chi connectivity index (χ0n) is 9.54. The van der Waals surface area contributed by atoms with E-state index in [1.54, 1.807) is 0 Å². The van der Waals surface area contributed by atoms with E-state index in [0.29, 0.717) is 13.0 Å². The molecule has 0 aromatic heterocycles. The summed E-state index contributed by atoms with van der Waals surface area (Å²) in [6.45, 7) is 7.41. The number of carbonyl (C=O) groups is 1. The maximum absolute atomic E-state index is 11.1. The number of rotatable bonds is 8. The number of hydrogen-bond donors (Lipinski definition) is 0. The van der Waals surface area contributed by atoms with Crippen LogP contribution in [0.15, 0.2) is 0 Å². The molecule has 0 amide bonds. The molecule has 3 nitrogen and oxygen atoms in total. The molecule has 84 valence electrons. The molecule has 0 aromatic carbocycles. The van der Waals surface area contributed by atoms with E-state index in [1.807, 2.05) is 13.8 Å². The van der Waals surface area contributed by atoms with Crippen LogP contribution in [0, 0.1) is 0 Å². The number of hydrogen-bond acceptors (Lipinski definition) is 3. The average Bonchev–Trinajstić information content (AvgIpc) is 2.13. The van der Waals surface area contributed by atoms with Gasteiger partial charge < -0.3 is 9.47 Å². The van der Waals surface area contributed by atoms with Crippen molar-refractivity contribution in [1.29, 1.82) is 0 Å². The second-order valence-electron chi connectivity index (χ2n) is 3.45. The number of carbonyl (C=O) groups excluding carboxylic acids is 1. The predicted molar refractivity (Wildman–Crippen MR) is 56.2 cm³/mol. The van der Waals surface area contributed by atoms with E-state index in [9.17, 15) is 4.79 Å². The average molecular weight is 202 g/mol. The Bertz CT molecular complexity index is 145. The Labute approximate surface area is 86.8 Å². The Morgan fingerprint density at radius 2 is 1.93 bits per heavy atom. The smallest absolute Gasteiger partial charge is 0.306 e. The molecule has 0 aliphatic carbocycles. The highest BCUT2D eigenvalue weighted by Crippen LogP contribution is 2.01. The van der Waals surface area contributed by atoms with Crippen LogP contribution in [0.3, 0.4) is 0 Å². The summed E-state index contributed by atoms with van der Waals surface area (Å²) in [4.78, 5) is 11.1. The van der Waals surface area contributed by atoms with Gasteiger partial charge in [-0.2, -0.15) is 0 Å². The van der Waals surface area contributed by atoms with Gasteiger partial charge in [-0.05, 0) is 19.8 Å². The lowest BCUT2D eigenvalue weighted by Crippen LogP contribution is -2.16. The lowest BCUT2D eigenvalue weighted by Gasteiger charge is -2.12. The summed E-state index contributed by atoms with van der Waals surface area (Å²) in [5, 5.41) is 0. The molecule has 3 heteroatoms. The molecule has 0 bridgehead atoms. The van der Waals surface area contributed by atoms with Crippen LogP contribution < -0.4 is 0 Å². The molecule has 0 rings (SSSR count). The minimum atomic E-state index is -0.101. The van der Waals surface area contributed by atoms with Gasteiger partial charge in [-0.3, -0.25) is 4.79 Å². The zero-order valence-corrected chi connectivity index (χ0v) is 9.54. The minimum absolute atomic E-state index is 0.0223. The van der Waals surface area contributed by atoms with E-state index in [4.69, 9.17) is 9.47 Å². The molecule has 0 aromatic rings. The van der Waals surface area contributed by atoms with Crippen molar-refractivity contribution in [3.63, 3.8) is 0 Å². The van der Waals surface area contributed by atoms with Crippen molar-refractivity contribution in [2.24, 2.45) is 0 Å². The Hall–Kier alpha value is -0.570. The summed E-state index contributed by atoms with van der Waals surface area (Å²) in [7, 11) is 0. The van der Waals surface area contributed by atoms with Gasteiger partial charge in [-0.25, -0.2) is 0 Å². The first kappa shape index (κ1) is 13.4. The third-order valence-electron chi connectivity index (χ3n) is 1.80. The number of esters is 1. The van der Waals surface area contributed by atoms with Gasteiger partial charge in [0.05, 0.1) is 6.61 Å². The highest BCUT2D eigenvalue weighted by molar-refractivity contribution is 5.69. The molecule has 0 radical (unpaired) electrons. The maximum atomic E-state index is 11.1. The van der Waals surface area contributed by atoms with Gasteiger partial charge in [0.2, 0.25) is 0 Å². The SMILES string of the molecule is CCCOCC[C@H](C)OC(=O)CCC. The molecule has 0 aliphatic heterocycles. The summed E-state index contributed by atoms with van der Waals surface area (Å²) in [6, 6.07) is 0. The first-order chi connectivity index (χ1) is 6.70. The molecule has 0 fully saturated rings.